The number of hydrogen-bond acceptors (Lipinski definition) is 5. The predicted molar refractivity (Wildman–Crippen MR) is 118 cm³/mol. The molecule has 0 saturated carbocycles. The van der Waals surface area contributed by atoms with Crippen molar-refractivity contribution in [2.24, 2.45) is 0 Å². The lowest BCUT2D eigenvalue weighted by atomic mass is 10.0. The molecule has 1 fully saturated rings. The SMILES string of the molecule is CNC(=O)c1ccc(CNC(=O)Cc2cccc3c2CN(C2CCC(=O)NC2=O)C3=O)cc1. The molecule has 5 amide bonds. The van der Waals surface area contributed by atoms with Crippen LogP contribution in [0.4, 0.5) is 0 Å². The molecule has 0 radical (unpaired) electrons. The minimum atomic E-state index is -0.693. The Morgan fingerprint density at radius 2 is 1.85 bits per heavy atom. The zero-order chi connectivity index (χ0) is 23.5. The lowest BCUT2D eigenvalue weighted by molar-refractivity contribution is -0.137. The average Bonchev–Trinajstić information content (AvgIpc) is 3.15. The average molecular weight is 448 g/mol. The van der Waals surface area contributed by atoms with Gasteiger partial charge in [-0.3, -0.25) is 29.3 Å². The second-order valence-electron chi connectivity index (χ2n) is 8.07. The summed E-state index contributed by atoms with van der Waals surface area (Å²) in [6, 6.07) is 11.5. The number of hydrogen-bond donors (Lipinski definition) is 3. The molecule has 1 atom stereocenters. The van der Waals surface area contributed by atoms with Crippen LogP contribution in [0.15, 0.2) is 42.5 Å². The van der Waals surface area contributed by atoms with Crippen molar-refractivity contribution in [3.8, 4) is 0 Å². The molecule has 170 valence electrons. The predicted octanol–water partition coefficient (Wildman–Crippen LogP) is 0.666. The summed E-state index contributed by atoms with van der Waals surface area (Å²) in [5.41, 5.74) is 3.33. The molecule has 2 heterocycles. The van der Waals surface area contributed by atoms with E-state index in [0.29, 0.717) is 24.1 Å². The summed E-state index contributed by atoms with van der Waals surface area (Å²) in [5.74, 6) is -1.44. The van der Waals surface area contributed by atoms with Gasteiger partial charge in [0.05, 0.1) is 6.42 Å². The molecule has 0 aliphatic carbocycles. The summed E-state index contributed by atoms with van der Waals surface area (Å²) in [5, 5.41) is 7.70. The van der Waals surface area contributed by atoms with Gasteiger partial charge in [-0.2, -0.15) is 0 Å². The van der Waals surface area contributed by atoms with Gasteiger partial charge in [0, 0.05) is 37.7 Å². The highest BCUT2D eigenvalue weighted by atomic mass is 16.2. The number of benzene rings is 2. The van der Waals surface area contributed by atoms with Crippen molar-refractivity contribution in [1.29, 1.82) is 0 Å². The van der Waals surface area contributed by atoms with Crippen LogP contribution in [0.5, 0.6) is 0 Å². The number of nitrogens with zero attached hydrogens (tertiary/aromatic N) is 1. The van der Waals surface area contributed by atoms with Gasteiger partial charge in [-0.05, 0) is 41.3 Å². The van der Waals surface area contributed by atoms with Crippen molar-refractivity contribution in [2.45, 2.75) is 38.4 Å². The fourth-order valence-corrected chi connectivity index (χ4v) is 4.17. The van der Waals surface area contributed by atoms with Crippen LogP contribution in [0.2, 0.25) is 0 Å². The molecular weight excluding hydrogens is 424 g/mol. The van der Waals surface area contributed by atoms with Crippen LogP contribution in [0, 0.1) is 0 Å². The van der Waals surface area contributed by atoms with Crippen molar-refractivity contribution >= 4 is 29.5 Å². The highest BCUT2D eigenvalue weighted by Gasteiger charge is 2.39. The summed E-state index contributed by atoms with van der Waals surface area (Å²) in [6.07, 6.45) is 0.574. The Morgan fingerprint density at radius 3 is 2.55 bits per heavy atom. The summed E-state index contributed by atoms with van der Waals surface area (Å²) in [7, 11) is 1.56. The first kappa shape index (κ1) is 22.2. The minimum absolute atomic E-state index is 0.0932. The maximum absolute atomic E-state index is 12.9. The summed E-state index contributed by atoms with van der Waals surface area (Å²) >= 11 is 0. The largest absolute Gasteiger partial charge is 0.355 e. The number of carbonyl (C=O) groups is 5. The van der Waals surface area contributed by atoms with Gasteiger partial charge in [0.2, 0.25) is 17.7 Å². The van der Waals surface area contributed by atoms with E-state index in [1.165, 1.54) is 4.90 Å². The van der Waals surface area contributed by atoms with Crippen LogP contribution in [-0.4, -0.2) is 47.5 Å². The number of piperidine rings is 1. The van der Waals surface area contributed by atoms with Gasteiger partial charge < -0.3 is 15.5 Å². The molecule has 4 rings (SSSR count). The van der Waals surface area contributed by atoms with Crippen molar-refractivity contribution in [2.75, 3.05) is 7.05 Å². The molecule has 1 unspecified atom stereocenters. The smallest absolute Gasteiger partial charge is 0.255 e. The van der Waals surface area contributed by atoms with Gasteiger partial charge in [0.25, 0.3) is 11.8 Å². The van der Waals surface area contributed by atoms with Gasteiger partial charge in [-0.15, -0.1) is 0 Å². The molecule has 0 spiro atoms. The molecule has 0 bridgehead atoms. The van der Waals surface area contributed by atoms with Crippen LogP contribution >= 0.6 is 0 Å². The molecule has 33 heavy (non-hydrogen) atoms. The molecule has 2 aromatic rings. The number of rotatable bonds is 6. The second kappa shape index (κ2) is 9.23. The van der Waals surface area contributed by atoms with Gasteiger partial charge in [-0.1, -0.05) is 24.3 Å². The van der Waals surface area contributed by atoms with E-state index >= 15 is 0 Å². The third kappa shape index (κ3) is 4.62. The molecule has 3 N–H and O–H groups in total. The molecule has 2 aromatic carbocycles. The quantitative estimate of drug-likeness (QED) is 0.560. The van der Waals surface area contributed by atoms with Gasteiger partial charge in [0.15, 0.2) is 0 Å². The molecule has 2 aliphatic rings. The topological polar surface area (TPSA) is 125 Å². The molecule has 0 aromatic heterocycles. The van der Waals surface area contributed by atoms with Gasteiger partial charge in [0.1, 0.15) is 6.04 Å². The summed E-state index contributed by atoms with van der Waals surface area (Å²) in [6.45, 7) is 0.536. The molecule has 2 aliphatic heterocycles. The van der Waals surface area contributed by atoms with E-state index in [9.17, 15) is 24.0 Å². The summed E-state index contributed by atoms with van der Waals surface area (Å²) < 4.78 is 0. The van der Waals surface area contributed by atoms with Crippen LogP contribution in [0.1, 0.15) is 50.2 Å². The number of nitrogens with one attached hydrogen (secondary N) is 3. The minimum Gasteiger partial charge on any atom is -0.355 e. The second-order valence-corrected chi connectivity index (χ2v) is 8.07. The first-order chi connectivity index (χ1) is 15.9. The van der Waals surface area contributed by atoms with Gasteiger partial charge >= 0.3 is 0 Å². The Balaban J connectivity index is 1.40. The lowest BCUT2D eigenvalue weighted by Gasteiger charge is -2.29. The van der Waals surface area contributed by atoms with E-state index in [-0.39, 0.29) is 43.0 Å². The van der Waals surface area contributed by atoms with Crippen molar-refractivity contribution < 1.29 is 24.0 Å². The van der Waals surface area contributed by atoms with Crippen molar-refractivity contribution in [3.05, 3.63) is 70.3 Å². The zero-order valence-electron chi connectivity index (χ0n) is 18.1. The zero-order valence-corrected chi connectivity index (χ0v) is 18.1. The third-order valence-electron chi connectivity index (χ3n) is 5.96. The van der Waals surface area contributed by atoms with E-state index < -0.39 is 11.9 Å². The fraction of sp³-hybridized carbons (Fsp3) is 0.292. The number of carbonyl (C=O) groups excluding carboxylic acids is 5. The van der Waals surface area contributed by atoms with E-state index in [0.717, 1.165) is 16.7 Å². The molecule has 1 saturated heterocycles. The molecular formula is C24H24N4O5. The number of amides is 5. The number of imide groups is 1. The maximum Gasteiger partial charge on any atom is 0.255 e. The van der Waals surface area contributed by atoms with Crippen LogP contribution < -0.4 is 16.0 Å². The Labute approximate surface area is 190 Å². The Bertz CT molecular complexity index is 1140. The van der Waals surface area contributed by atoms with E-state index in [4.69, 9.17) is 0 Å². The Hall–Kier alpha value is -4.01. The lowest BCUT2D eigenvalue weighted by Crippen LogP contribution is -2.52. The molecule has 9 heteroatoms. The Morgan fingerprint density at radius 1 is 1.09 bits per heavy atom. The number of fused-ring (bicyclic) bond motifs is 1. The standard InChI is InChI=1S/C24H24N4O5/c1-25-22(31)15-7-5-14(6-8-15)12-26-21(30)11-16-3-2-4-17-18(16)13-28(24(17)33)19-9-10-20(29)27-23(19)32/h2-8,19H,9-13H2,1H3,(H,25,31)(H,26,30)(H,27,29,32). The maximum atomic E-state index is 12.9. The van der Waals surface area contributed by atoms with E-state index in [1.54, 1.807) is 49.5 Å². The van der Waals surface area contributed by atoms with Gasteiger partial charge in [-0.25, -0.2) is 0 Å². The monoisotopic (exact) mass is 448 g/mol. The van der Waals surface area contributed by atoms with Crippen LogP contribution in [0.25, 0.3) is 0 Å². The van der Waals surface area contributed by atoms with E-state index in [1.807, 2.05) is 0 Å². The van der Waals surface area contributed by atoms with Crippen LogP contribution in [0.3, 0.4) is 0 Å². The summed E-state index contributed by atoms with van der Waals surface area (Å²) in [4.78, 5) is 62.3. The van der Waals surface area contributed by atoms with Crippen molar-refractivity contribution in [3.63, 3.8) is 0 Å². The fourth-order valence-electron chi connectivity index (χ4n) is 4.17. The molecule has 9 nitrogen and oxygen atoms in total. The Kier molecular flexibility index (Phi) is 6.21. The highest BCUT2D eigenvalue weighted by molar-refractivity contribution is 6.05. The van der Waals surface area contributed by atoms with E-state index in [2.05, 4.69) is 16.0 Å². The first-order valence-electron chi connectivity index (χ1n) is 10.7. The third-order valence-corrected chi connectivity index (χ3v) is 5.96. The van der Waals surface area contributed by atoms with Crippen molar-refractivity contribution in [1.82, 2.24) is 20.9 Å². The van der Waals surface area contributed by atoms with Crippen LogP contribution in [-0.2, 0) is 33.9 Å². The first-order valence-corrected chi connectivity index (χ1v) is 10.7. The normalized spacial score (nSPS) is 17.4. The highest BCUT2D eigenvalue weighted by Crippen LogP contribution is 2.30.